The van der Waals surface area contributed by atoms with E-state index in [0.717, 1.165) is 24.2 Å². The Morgan fingerprint density at radius 1 is 1.23 bits per heavy atom. The van der Waals surface area contributed by atoms with Crippen LogP contribution in [0.3, 0.4) is 0 Å². The Morgan fingerprint density at radius 3 is 2.41 bits per heavy atom. The zero-order valence-electron chi connectivity index (χ0n) is 13.3. The van der Waals surface area contributed by atoms with Crippen LogP contribution in [0, 0.1) is 0 Å². The Bertz CT molecular complexity index is 507. The van der Waals surface area contributed by atoms with Crippen LogP contribution >= 0.6 is 0 Å². The van der Waals surface area contributed by atoms with Gasteiger partial charge in [0.2, 0.25) is 11.8 Å². The summed E-state index contributed by atoms with van der Waals surface area (Å²) in [6, 6.07) is 7.80. The topological polar surface area (TPSA) is 58.6 Å². The van der Waals surface area contributed by atoms with Crippen LogP contribution in [0.2, 0.25) is 0 Å². The fraction of sp³-hybridized carbons (Fsp3) is 0.529. The van der Waals surface area contributed by atoms with Gasteiger partial charge in [-0.2, -0.15) is 0 Å². The summed E-state index contributed by atoms with van der Waals surface area (Å²) in [6.07, 6.45) is 4.44. The zero-order valence-corrected chi connectivity index (χ0v) is 13.3. The lowest BCUT2D eigenvalue weighted by molar-refractivity contribution is -0.135. The van der Waals surface area contributed by atoms with Gasteiger partial charge in [-0.05, 0) is 30.5 Å². The molecule has 5 nitrogen and oxygen atoms in total. The highest BCUT2D eigenvalue weighted by molar-refractivity contribution is 5.83. The fourth-order valence-electron chi connectivity index (χ4n) is 2.75. The maximum atomic E-state index is 12.1. The van der Waals surface area contributed by atoms with Crippen molar-refractivity contribution in [1.82, 2.24) is 10.2 Å². The van der Waals surface area contributed by atoms with Crippen molar-refractivity contribution in [2.45, 2.75) is 45.2 Å². The molecule has 1 aromatic rings. The molecule has 1 fully saturated rings. The third kappa shape index (κ3) is 4.76. The van der Waals surface area contributed by atoms with Gasteiger partial charge in [0, 0.05) is 19.5 Å². The highest BCUT2D eigenvalue weighted by atomic mass is 16.5. The van der Waals surface area contributed by atoms with Crippen LogP contribution in [0.5, 0.6) is 5.75 Å². The van der Waals surface area contributed by atoms with Gasteiger partial charge in [0.25, 0.3) is 0 Å². The molecule has 1 N–H and O–H groups in total. The highest BCUT2D eigenvalue weighted by Crippen LogP contribution is 2.17. The number of carbonyl (C=O) groups excluding carboxylic acids is 2. The number of nitrogens with one attached hydrogen (secondary N) is 1. The molecule has 0 unspecified atom stereocenters. The molecule has 22 heavy (non-hydrogen) atoms. The summed E-state index contributed by atoms with van der Waals surface area (Å²) in [7, 11) is 1.62. The second-order valence-electron chi connectivity index (χ2n) is 5.77. The summed E-state index contributed by atoms with van der Waals surface area (Å²) in [5, 5.41) is 3.02. The molecule has 0 saturated heterocycles. The molecule has 1 saturated carbocycles. The van der Waals surface area contributed by atoms with Gasteiger partial charge < -0.3 is 15.0 Å². The average molecular weight is 304 g/mol. The molecule has 0 aliphatic heterocycles. The Hall–Kier alpha value is -2.04. The maximum absolute atomic E-state index is 12.1. The molecular weight excluding hydrogens is 280 g/mol. The molecule has 120 valence electrons. The van der Waals surface area contributed by atoms with E-state index in [2.05, 4.69) is 5.32 Å². The van der Waals surface area contributed by atoms with Crippen molar-refractivity contribution in [1.29, 1.82) is 0 Å². The summed E-state index contributed by atoms with van der Waals surface area (Å²) in [4.78, 5) is 25.4. The predicted octanol–water partition coefficient (Wildman–Crippen LogP) is 2.10. The van der Waals surface area contributed by atoms with E-state index in [4.69, 9.17) is 4.74 Å². The highest BCUT2D eigenvalue weighted by Gasteiger charge is 2.19. The van der Waals surface area contributed by atoms with Crippen molar-refractivity contribution in [2.75, 3.05) is 13.7 Å². The van der Waals surface area contributed by atoms with Crippen molar-refractivity contribution in [3.63, 3.8) is 0 Å². The average Bonchev–Trinajstić information content (AvgIpc) is 3.00. The molecule has 2 amide bonds. The quantitative estimate of drug-likeness (QED) is 0.875. The van der Waals surface area contributed by atoms with E-state index in [1.165, 1.54) is 19.8 Å². The van der Waals surface area contributed by atoms with Gasteiger partial charge in [-0.3, -0.25) is 9.59 Å². The van der Waals surface area contributed by atoms with Crippen molar-refractivity contribution < 1.29 is 14.3 Å². The van der Waals surface area contributed by atoms with E-state index < -0.39 is 0 Å². The number of amides is 2. The SMILES string of the molecule is COc1ccc(CN(CC(=O)NC2CCCC2)C(C)=O)cc1. The van der Waals surface area contributed by atoms with Gasteiger partial charge in [-0.25, -0.2) is 0 Å². The summed E-state index contributed by atoms with van der Waals surface area (Å²) in [5.41, 5.74) is 0.977. The minimum atomic E-state index is -0.0996. The second-order valence-corrected chi connectivity index (χ2v) is 5.77. The first-order valence-corrected chi connectivity index (χ1v) is 7.76. The maximum Gasteiger partial charge on any atom is 0.239 e. The number of hydrogen-bond acceptors (Lipinski definition) is 3. The first-order valence-electron chi connectivity index (χ1n) is 7.76. The molecule has 0 atom stereocenters. The number of nitrogens with zero attached hydrogens (tertiary/aromatic N) is 1. The van der Waals surface area contributed by atoms with Gasteiger partial charge in [-0.1, -0.05) is 25.0 Å². The monoisotopic (exact) mass is 304 g/mol. The molecule has 2 rings (SSSR count). The van der Waals surface area contributed by atoms with Gasteiger partial charge in [0.15, 0.2) is 0 Å². The van der Waals surface area contributed by atoms with Crippen molar-refractivity contribution in [3.05, 3.63) is 29.8 Å². The summed E-state index contributed by atoms with van der Waals surface area (Å²) < 4.78 is 5.12. The lowest BCUT2D eigenvalue weighted by Gasteiger charge is -2.22. The van der Waals surface area contributed by atoms with E-state index in [-0.39, 0.29) is 24.4 Å². The van der Waals surface area contributed by atoms with Crippen LogP contribution in [0.4, 0.5) is 0 Å². The number of carbonyl (C=O) groups is 2. The minimum Gasteiger partial charge on any atom is -0.497 e. The molecule has 5 heteroatoms. The van der Waals surface area contributed by atoms with E-state index in [1.54, 1.807) is 12.0 Å². The fourth-order valence-corrected chi connectivity index (χ4v) is 2.75. The Morgan fingerprint density at radius 2 is 1.86 bits per heavy atom. The molecule has 0 radical (unpaired) electrons. The Balaban J connectivity index is 1.90. The van der Waals surface area contributed by atoms with Crippen molar-refractivity contribution >= 4 is 11.8 Å². The molecular formula is C17H24N2O3. The third-order valence-corrected chi connectivity index (χ3v) is 4.03. The van der Waals surface area contributed by atoms with Gasteiger partial charge in [0.1, 0.15) is 5.75 Å². The Labute approximate surface area is 131 Å². The van der Waals surface area contributed by atoms with Gasteiger partial charge in [-0.15, -0.1) is 0 Å². The van der Waals surface area contributed by atoms with Gasteiger partial charge in [0.05, 0.1) is 13.7 Å². The molecule has 1 aromatic carbocycles. The zero-order chi connectivity index (χ0) is 15.9. The van der Waals surface area contributed by atoms with E-state index >= 15 is 0 Å². The standard InChI is InChI=1S/C17H24N2O3/c1-13(20)19(11-14-7-9-16(22-2)10-8-14)12-17(21)18-15-5-3-4-6-15/h7-10,15H,3-6,11-12H2,1-2H3,(H,18,21). The number of rotatable bonds is 6. The lowest BCUT2D eigenvalue weighted by Crippen LogP contribution is -2.42. The molecule has 1 aliphatic rings. The smallest absolute Gasteiger partial charge is 0.239 e. The van der Waals surface area contributed by atoms with Crippen LogP contribution in [0.15, 0.2) is 24.3 Å². The van der Waals surface area contributed by atoms with Crippen LogP contribution in [-0.4, -0.2) is 36.4 Å². The number of benzene rings is 1. The first-order chi connectivity index (χ1) is 10.6. The van der Waals surface area contributed by atoms with E-state index in [1.807, 2.05) is 24.3 Å². The summed E-state index contributed by atoms with van der Waals surface area (Å²) >= 11 is 0. The first kappa shape index (κ1) is 16.3. The van der Waals surface area contributed by atoms with E-state index in [0.29, 0.717) is 6.54 Å². The molecule has 0 aromatic heterocycles. The Kier molecular flexibility index (Phi) is 5.81. The summed E-state index contributed by atoms with van der Waals surface area (Å²) in [6.45, 7) is 2.03. The predicted molar refractivity (Wildman–Crippen MR) is 84.5 cm³/mol. The number of hydrogen-bond donors (Lipinski definition) is 1. The van der Waals surface area contributed by atoms with Crippen LogP contribution in [-0.2, 0) is 16.1 Å². The molecule has 0 spiro atoms. The largest absolute Gasteiger partial charge is 0.497 e. The third-order valence-electron chi connectivity index (χ3n) is 4.03. The second kappa shape index (κ2) is 7.82. The normalized spacial score (nSPS) is 14.6. The number of methoxy groups -OCH3 is 1. The minimum absolute atomic E-state index is 0.0735. The van der Waals surface area contributed by atoms with Crippen molar-refractivity contribution in [3.8, 4) is 5.75 Å². The molecule has 0 bridgehead atoms. The lowest BCUT2D eigenvalue weighted by atomic mass is 10.2. The summed E-state index contributed by atoms with van der Waals surface area (Å²) in [5.74, 6) is 0.602. The van der Waals surface area contributed by atoms with Crippen LogP contribution in [0.25, 0.3) is 0 Å². The molecule has 0 heterocycles. The van der Waals surface area contributed by atoms with E-state index in [9.17, 15) is 9.59 Å². The van der Waals surface area contributed by atoms with Gasteiger partial charge >= 0.3 is 0 Å². The number of ether oxygens (including phenoxy) is 1. The van der Waals surface area contributed by atoms with Crippen molar-refractivity contribution in [2.24, 2.45) is 0 Å². The van der Waals surface area contributed by atoms with Crippen LogP contribution < -0.4 is 10.1 Å². The molecule has 1 aliphatic carbocycles. The van der Waals surface area contributed by atoms with Crippen LogP contribution in [0.1, 0.15) is 38.2 Å².